The maximum Gasteiger partial charge on any atom is 0.186 e. The molecule has 1 aromatic carbocycles. The van der Waals surface area contributed by atoms with Gasteiger partial charge in [0.15, 0.2) is 10.8 Å². The number of nitriles is 4. The molecule has 2 aliphatic carbocycles. The third-order valence-electron chi connectivity index (χ3n) is 5.01. The van der Waals surface area contributed by atoms with Gasteiger partial charge in [0.05, 0.1) is 24.3 Å². The summed E-state index contributed by atoms with van der Waals surface area (Å²) >= 11 is 0. The fraction of sp³-hybridized carbons (Fsp3) is 0.333. The van der Waals surface area contributed by atoms with E-state index in [2.05, 4.69) is 0 Å². The zero-order valence-corrected chi connectivity index (χ0v) is 12.3. The standard InChI is InChI=1S/C18H12N4/c1-11(2)14-15-12-5-3-4-6-13(12)16(14)18(9-21,10-22)17(15,7-19)8-20/h3-6,15-16H,1-2H3. The Morgan fingerprint density at radius 1 is 0.818 bits per heavy atom. The molecule has 1 saturated carbocycles. The van der Waals surface area contributed by atoms with Crippen molar-refractivity contribution in [3.8, 4) is 24.3 Å². The highest BCUT2D eigenvalue weighted by Gasteiger charge is 2.74. The van der Waals surface area contributed by atoms with Gasteiger partial charge in [0.2, 0.25) is 0 Å². The molecule has 2 unspecified atom stereocenters. The molecule has 1 aromatic rings. The third kappa shape index (κ3) is 1.16. The molecular weight excluding hydrogens is 272 g/mol. The predicted octanol–water partition coefficient (Wildman–Crippen LogP) is 3.28. The Balaban J connectivity index is 2.53. The van der Waals surface area contributed by atoms with Crippen molar-refractivity contribution in [3.05, 3.63) is 46.5 Å². The van der Waals surface area contributed by atoms with Gasteiger partial charge in [-0.3, -0.25) is 0 Å². The summed E-state index contributed by atoms with van der Waals surface area (Å²) in [5.41, 5.74) is 0.311. The van der Waals surface area contributed by atoms with Crippen molar-refractivity contribution in [2.24, 2.45) is 10.8 Å². The Kier molecular flexibility index (Phi) is 2.65. The zero-order valence-electron chi connectivity index (χ0n) is 12.3. The van der Waals surface area contributed by atoms with Gasteiger partial charge >= 0.3 is 0 Å². The molecule has 22 heavy (non-hydrogen) atoms. The first-order valence-electron chi connectivity index (χ1n) is 6.95. The maximum absolute atomic E-state index is 9.76. The van der Waals surface area contributed by atoms with E-state index < -0.39 is 22.7 Å². The number of rotatable bonds is 0. The summed E-state index contributed by atoms with van der Waals surface area (Å²) < 4.78 is 0. The summed E-state index contributed by atoms with van der Waals surface area (Å²) in [5.74, 6) is -1.01. The predicted molar refractivity (Wildman–Crippen MR) is 77.6 cm³/mol. The molecular formula is C18H12N4. The molecule has 0 N–H and O–H groups in total. The fourth-order valence-corrected chi connectivity index (χ4v) is 4.17. The molecule has 4 heteroatoms. The van der Waals surface area contributed by atoms with E-state index in [1.807, 2.05) is 62.4 Å². The lowest BCUT2D eigenvalue weighted by Crippen LogP contribution is -2.42. The zero-order chi connectivity index (χ0) is 16.1. The molecule has 0 saturated heterocycles. The van der Waals surface area contributed by atoms with Crippen LogP contribution in [-0.4, -0.2) is 0 Å². The van der Waals surface area contributed by atoms with Crippen molar-refractivity contribution in [2.75, 3.05) is 0 Å². The number of fused-ring (bicyclic) bond motifs is 5. The first-order valence-corrected chi connectivity index (χ1v) is 6.95. The van der Waals surface area contributed by atoms with Gasteiger partial charge in [0.25, 0.3) is 0 Å². The van der Waals surface area contributed by atoms with Crippen LogP contribution in [0.2, 0.25) is 0 Å². The second-order valence-corrected chi connectivity index (χ2v) is 6.01. The van der Waals surface area contributed by atoms with Crippen LogP contribution in [0.25, 0.3) is 0 Å². The Morgan fingerprint density at radius 2 is 1.18 bits per heavy atom. The number of hydrogen-bond donors (Lipinski definition) is 0. The van der Waals surface area contributed by atoms with Crippen LogP contribution >= 0.6 is 0 Å². The average Bonchev–Trinajstić information content (AvgIpc) is 3.02. The van der Waals surface area contributed by atoms with Crippen LogP contribution in [0.1, 0.15) is 36.8 Å². The van der Waals surface area contributed by atoms with Crippen molar-refractivity contribution >= 4 is 0 Å². The smallest absolute Gasteiger partial charge is 0.186 e. The maximum atomic E-state index is 9.76. The second-order valence-electron chi connectivity index (χ2n) is 6.01. The SMILES string of the molecule is CC(C)=C1C2c3ccccc3C1C(C#N)(C#N)C2(C#N)C#N. The Labute approximate surface area is 129 Å². The van der Waals surface area contributed by atoms with Gasteiger partial charge in [0, 0.05) is 11.8 Å². The highest BCUT2D eigenvalue weighted by atomic mass is 14.7. The highest BCUT2D eigenvalue weighted by Crippen LogP contribution is 2.73. The Bertz CT molecular complexity index is 780. The van der Waals surface area contributed by atoms with Gasteiger partial charge in [0.1, 0.15) is 0 Å². The second kappa shape index (κ2) is 4.21. The Hall–Kier alpha value is -3.08. The summed E-state index contributed by atoms with van der Waals surface area (Å²) in [6.07, 6.45) is 0. The van der Waals surface area contributed by atoms with E-state index in [4.69, 9.17) is 0 Å². The molecule has 0 heterocycles. The number of benzene rings is 1. The van der Waals surface area contributed by atoms with Gasteiger partial charge in [-0.2, -0.15) is 21.0 Å². The van der Waals surface area contributed by atoms with Crippen molar-refractivity contribution in [3.63, 3.8) is 0 Å². The average molecular weight is 284 g/mol. The summed E-state index contributed by atoms with van der Waals surface area (Å²) in [6.45, 7) is 3.82. The Morgan fingerprint density at radius 3 is 1.45 bits per heavy atom. The lowest BCUT2D eigenvalue weighted by molar-refractivity contribution is 0.293. The van der Waals surface area contributed by atoms with Crippen LogP contribution in [0.5, 0.6) is 0 Å². The van der Waals surface area contributed by atoms with Gasteiger partial charge in [-0.25, -0.2) is 0 Å². The molecule has 0 radical (unpaired) electrons. The topological polar surface area (TPSA) is 95.2 Å². The minimum atomic E-state index is -1.66. The quantitative estimate of drug-likeness (QED) is 0.683. The van der Waals surface area contributed by atoms with Crippen LogP contribution in [0.4, 0.5) is 0 Å². The van der Waals surface area contributed by atoms with Crippen molar-refractivity contribution in [1.82, 2.24) is 0 Å². The summed E-state index contributed by atoms with van der Waals surface area (Å²) in [4.78, 5) is 0. The van der Waals surface area contributed by atoms with E-state index in [1.54, 1.807) is 0 Å². The summed E-state index contributed by atoms with van der Waals surface area (Å²) in [5, 5.41) is 39.1. The molecule has 4 nitrogen and oxygen atoms in total. The van der Waals surface area contributed by atoms with Gasteiger partial charge in [-0.1, -0.05) is 35.4 Å². The van der Waals surface area contributed by atoms with Crippen LogP contribution in [0.3, 0.4) is 0 Å². The van der Waals surface area contributed by atoms with Crippen LogP contribution in [-0.2, 0) is 0 Å². The molecule has 1 fully saturated rings. The van der Waals surface area contributed by atoms with E-state index >= 15 is 0 Å². The number of allylic oxidation sites excluding steroid dienone is 2. The molecule has 0 spiro atoms. The van der Waals surface area contributed by atoms with E-state index in [1.165, 1.54) is 0 Å². The molecule has 0 amide bonds. The van der Waals surface area contributed by atoms with Gasteiger partial charge in [-0.15, -0.1) is 0 Å². The van der Waals surface area contributed by atoms with E-state index in [0.29, 0.717) is 0 Å². The van der Waals surface area contributed by atoms with Crippen LogP contribution in [0, 0.1) is 56.2 Å². The van der Waals surface area contributed by atoms with E-state index in [-0.39, 0.29) is 0 Å². The number of hydrogen-bond acceptors (Lipinski definition) is 4. The summed E-state index contributed by atoms with van der Waals surface area (Å²) in [7, 11) is 0. The van der Waals surface area contributed by atoms with Crippen LogP contribution < -0.4 is 0 Å². The van der Waals surface area contributed by atoms with Gasteiger partial charge < -0.3 is 0 Å². The van der Waals surface area contributed by atoms with Crippen molar-refractivity contribution in [1.29, 1.82) is 21.0 Å². The normalized spacial score (nSPS) is 25.3. The molecule has 0 aliphatic heterocycles. The molecule has 104 valence electrons. The molecule has 3 rings (SSSR count). The largest absolute Gasteiger partial charge is 0.196 e. The molecule has 0 aromatic heterocycles. The highest BCUT2D eigenvalue weighted by molar-refractivity contribution is 5.67. The molecule has 2 atom stereocenters. The van der Waals surface area contributed by atoms with Crippen LogP contribution in [0.15, 0.2) is 35.4 Å². The molecule has 2 bridgehead atoms. The first kappa shape index (κ1) is 13.9. The third-order valence-corrected chi connectivity index (χ3v) is 5.01. The van der Waals surface area contributed by atoms with E-state index in [9.17, 15) is 21.0 Å². The monoisotopic (exact) mass is 284 g/mol. The minimum Gasteiger partial charge on any atom is -0.196 e. The number of nitrogens with zero attached hydrogens (tertiary/aromatic N) is 4. The van der Waals surface area contributed by atoms with E-state index in [0.717, 1.165) is 22.3 Å². The van der Waals surface area contributed by atoms with Crippen molar-refractivity contribution < 1.29 is 0 Å². The minimum absolute atomic E-state index is 0.506. The lowest BCUT2D eigenvalue weighted by atomic mass is 9.57. The lowest BCUT2D eigenvalue weighted by Gasteiger charge is -2.35. The van der Waals surface area contributed by atoms with Crippen molar-refractivity contribution in [2.45, 2.75) is 25.7 Å². The summed E-state index contributed by atoms with van der Waals surface area (Å²) in [6, 6.07) is 15.7. The van der Waals surface area contributed by atoms with Gasteiger partial charge in [-0.05, 0) is 25.0 Å². The first-order chi connectivity index (χ1) is 10.5. The fourth-order valence-electron chi connectivity index (χ4n) is 4.17. The molecule has 2 aliphatic rings.